The molecule has 0 spiro atoms. The third-order valence-electron chi connectivity index (χ3n) is 4.17. The molecule has 2 aromatic rings. The summed E-state index contributed by atoms with van der Waals surface area (Å²) in [6.07, 6.45) is 0. The van der Waals surface area contributed by atoms with E-state index in [-0.39, 0.29) is 4.90 Å². The Morgan fingerprint density at radius 1 is 1.04 bits per heavy atom. The Hall–Kier alpha value is -2.34. The number of carboxylic acid groups (broad SMARTS) is 1. The van der Waals surface area contributed by atoms with Gasteiger partial charge in [-0.1, -0.05) is 30.3 Å². The summed E-state index contributed by atoms with van der Waals surface area (Å²) in [6, 6.07) is 14.8. The highest BCUT2D eigenvalue weighted by atomic mass is 32.2. The van der Waals surface area contributed by atoms with Gasteiger partial charge in [0.2, 0.25) is 0 Å². The SMILES string of the molecule is COc1ccc(C2C(C(=O)O)C2S(=O)(=O)c2ccccc2)cc1. The topological polar surface area (TPSA) is 80.7 Å². The Bertz CT molecular complexity index is 812. The Morgan fingerprint density at radius 3 is 2.17 bits per heavy atom. The molecule has 120 valence electrons. The van der Waals surface area contributed by atoms with Crippen molar-refractivity contribution in [1.82, 2.24) is 0 Å². The fourth-order valence-corrected chi connectivity index (χ4v) is 5.10. The van der Waals surface area contributed by atoms with Crippen LogP contribution in [0.25, 0.3) is 0 Å². The van der Waals surface area contributed by atoms with Gasteiger partial charge in [0.15, 0.2) is 9.84 Å². The third-order valence-corrected chi connectivity index (χ3v) is 6.40. The number of aliphatic carboxylic acids is 1. The van der Waals surface area contributed by atoms with E-state index in [9.17, 15) is 18.3 Å². The van der Waals surface area contributed by atoms with Gasteiger partial charge in [-0.15, -0.1) is 0 Å². The zero-order valence-electron chi connectivity index (χ0n) is 12.4. The largest absolute Gasteiger partial charge is 0.497 e. The van der Waals surface area contributed by atoms with Crippen LogP contribution in [0.2, 0.25) is 0 Å². The van der Waals surface area contributed by atoms with Crippen molar-refractivity contribution in [2.45, 2.75) is 16.1 Å². The molecule has 1 N–H and O–H groups in total. The van der Waals surface area contributed by atoms with E-state index in [1.807, 2.05) is 0 Å². The van der Waals surface area contributed by atoms with Crippen LogP contribution < -0.4 is 4.74 Å². The standard InChI is InChI=1S/C17H16O5S/c1-22-12-9-7-11(8-10-12)14-15(17(18)19)16(14)23(20,21)13-5-3-2-4-6-13/h2-10,14-16H,1H3,(H,18,19). The van der Waals surface area contributed by atoms with Crippen LogP contribution in [0.3, 0.4) is 0 Å². The van der Waals surface area contributed by atoms with E-state index >= 15 is 0 Å². The molecule has 0 radical (unpaired) electrons. The summed E-state index contributed by atoms with van der Waals surface area (Å²) in [7, 11) is -2.15. The minimum Gasteiger partial charge on any atom is -0.497 e. The van der Waals surface area contributed by atoms with Gasteiger partial charge >= 0.3 is 5.97 Å². The number of carbonyl (C=O) groups is 1. The minimum atomic E-state index is -3.69. The maximum atomic E-state index is 12.7. The van der Waals surface area contributed by atoms with Gasteiger partial charge < -0.3 is 9.84 Å². The molecule has 3 rings (SSSR count). The van der Waals surface area contributed by atoms with Crippen LogP contribution in [0.1, 0.15) is 11.5 Å². The molecule has 23 heavy (non-hydrogen) atoms. The Morgan fingerprint density at radius 2 is 1.65 bits per heavy atom. The third kappa shape index (κ3) is 2.70. The molecule has 3 atom stereocenters. The van der Waals surface area contributed by atoms with E-state index in [0.29, 0.717) is 11.3 Å². The Labute approximate surface area is 134 Å². The summed E-state index contributed by atoms with van der Waals surface area (Å²) in [4.78, 5) is 11.6. The number of ether oxygens (including phenoxy) is 1. The Kier molecular flexibility index (Phi) is 3.85. The zero-order chi connectivity index (χ0) is 16.6. The van der Waals surface area contributed by atoms with E-state index in [1.165, 1.54) is 19.2 Å². The molecule has 5 nitrogen and oxygen atoms in total. The first kappa shape index (κ1) is 15.6. The predicted octanol–water partition coefficient (Wildman–Crippen LogP) is 2.34. The number of methoxy groups -OCH3 is 1. The highest BCUT2D eigenvalue weighted by Crippen LogP contribution is 2.54. The van der Waals surface area contributed by atoms with Gasteiger partial charge in [-0.2, -0.15) is 0 Å². The van der Waals surface area contributed by atoms with Crippen molar-refractivity contribution in [3.05, 3.63) is 60.2 Å². The van der Waals surface area contributed by atoms with Crippen molar-refractivity contribution in [3.8, 4) is 5.75 Å². The first-order valence-electron chi connectivity index (χ1n) is 7.12. The number of benzene rings is 2. The molecule has 1 fully saturated rings. The summed E-state index contributed by atoms with van der Waals surface area (Å²) < 4.78 is 30.5. The fraction of sp³-hybridized carbons (Fsp3) is 0.235. The minimum absolute atomic E-state index is 0.160. The lowest BCUT2D eigenvalue weighted by atomic mass is 10.1. The number of hydrogen-bond donors (Lipinski definition) is 1. The van der Waals surface area contributed by atoms with Gasteiger partial charge in [0, 0.05) is 5.92 Å². The fourth-order valence-electron chi connectivity index (χ4n) is 2.95. The molecule has 3 unspecified atom stereocenters. The van der Waals surface area contributed by atoms with Gasteiger partial charge in [-0.25, -0.2) is 8.42 Å². The van der Waals surface area contributed by atoms with Gasteiger partial charge in [-0.05, 0) is 29.8 Å². The van der Waals surface area contributed by atoms with E-state index in [4.69, 9.17) is 4.74 Å². The maximum absolute atomic E-state index is 12.7. The predicted molar refractivity (Wildman–Crippen MR) is 84.3 cm³/mol. The van der Waals surface area contributed by atoms with E-state index < -0.39 is 32.9 Å². The molecule has 0 saturated heterocycles. The van der Waals surface area contributed by atoms with E-state index in [2.05, 4.69) is 0 Å². The van der Waals surface area contributed by atoms with Gasteiger partial charge in [-0.3, -0.25) is 4.79 Å². The second-order valence-corrected chi connectivity index (χ2v) is 7.59. The molecule has 0 aromatic heterocycles. The molecule has 0 amide bonds. The lowest BCUT2D eigenvalue weighted by molar-refractivity contribution is -0.138. The van der Waals surface area contributed by atoms with Crippen molar-refractivity contribution in [2.24, 2.45) is 5.92 Å². The summed E-state index contributed by atoms with van der Waals surface area (Å²) in [5.41, 5.74) is 0.697. The van der Waals surface area contributed by atoms with Gasteiger partial charge in [0.05, 0.1) is 23.2 Å². The van der Waals surface area contributed by atoms with Crippen molar-refractivity contribution in [2.75, 3.05) is 7.11 Å². The van der Waals surface area contributed by atoms with Crippen LogP contribution in [-0.4, -0.2) is 31.9 Å². The van der Waals surface area contributed by atoms with Crippen LogP contribution >= 0.6 is 0 Å². The van der Waals surface area contributed by atoms with Crippen LogP contribution in [-0.2, 0) is 14.6 Å². The van der Waals surface area contributed by atoms with Crippen molar-refractivity contribution in [1.29, 1.82) is 0 Å². The monoisotopic (exact) mass is 332 g/mol. The average Bonchev–Trinajstić information content (AvgIpc) is 3.32. The molecule has 0 heterocycles. The molecule has 1 aliphatic rings. The van der Waals surface area contributed by atoms with Crippen molar-refractivity contribution < 1.29 is 23.1 Å². The van der Waals surface area contributed by atoms with Crippen molar-refractivity contribution >= 4 is 15.8 Å². The van der Waals surface area contributed by atoms with E-state index in [0.717, 1.165) is 0 Å². The maximum Gasteiger partial charge on any atom is 0.308 e. The number of rotatable bonds is 5. The highest BCUT2D eigenvalue weighted by Gasteiger charge is 2.63. The molecular formula is C17H16O5S. The number of hydrogen-bond acceptors (Lipinski definition) is 4. The molecule has 6 heteroatoms. The van der Waals surface area contributed by atoms with Crippen LogP contribution in [0, 0.1) is 5.92 Å². The molecule has 1 saturated carbocycles. The second-order valence-electron chi connectivity index (χ2n) is 5.49. The normalized spacial score (nSPS) is 23.3. The summed E-state index contributed by atoms with van der Waals surface area (Å²) in [5.74, 6) is -1.91. The lowest BCUT2D eigenvalue weighted by Gasteiger charge is -2.04. The molecule has 2 aromatic carbocycles. The summed E-state index contributed by atoms with van der Waals surface area (Å²) in [6.45, 7) is 0. The molecule has 0 aliphatic heterocycles. The summed E-state index contributed by atoms with van der Waals surface area (Å²) >= 11 is 0. The van der Waals surface area contributed by atoms with Crippen LogP contribution in [0.15, 0.2) is 59.5 Å². The zero-order valence-corrected chi connectivity index (χ0v) is 13.2. The van der Waals surface area contributed by atoms with Crippen molar-refractivity contribution in [3.63, 3.8) is 0 Å². The number of carboxylic acids is 1. The lowest BCUT2D eigenvalue weighted by Crippen LogP contribution is -2.13. The Balaban J connectivity index is 1.96. The van der Waals surface area contributed by atoms with Gasteiger partial charge in [0.25, 0.3) is 0 Å². The van der Waals surface area contributed by atoms with Crippen LogP contribution in [0.4, 0.5) is 0 Å². The molecule has 0 bridgehead atoms. The summed E-state index contributed by atoms with van der Waals surface area (Å²) in [5, 5.41) is 8.44. The number of sulfone groups is 1. The smallest absolute Gasteiger partial charge is 0.308 e. The molecular weight excluding hydrogens is 316 g/mol. The quantitative estimate of drug-likeness (QED) is 0.909. The van der Waals surface area contributed by atoms with E-state index in [1.54, 1.807) is 42.5 Å². The second kappa shape index (κ2) is 5.70. The average molecular weight is 332 g/mol. The first-order chi connectivity index (χ1) is 11.0. The first-order valence-corrected chi connectivity index (χ1v) is 8.67. The van der Waals surface area contributed by atoms with Gasteiger partial charge in [0.1, 0.15) is 5.75 Å². The van der Waals surface area contributed by atoms with Crippen LogP contribution in [0.5, 0.6) is 5.75 Å². The highest BCUT2D eigenvalue weighted by molar-refractivity contribution is 7.92. The molecule has 1 aliphatic carbocycles.